The van der Waals surface area contributed by atoms with E-state index >= 15 is 0 Å². The predicted octanol–water partition coefficient (Wildman–Crippen LogP) is 3.11. The van der Waals surface area contributed by atoms with Gasteiger partial charge in [-0.1, -0.05) is 42.5 Å². The summed E-state index contributed by atoms with van der Waals surface area (Å²) in [5.41, 5.74) is 1.88. The van der Waals surface area contributed by atoms with Crippen LogP contribution in [-0.2, 0) is 6.54 Å². The Morgan fingerprint density at radius 1 is 1.00 bits per heavy atom. The van der Waals surface area contributed by atoms with Crippen LogP contribution in [-0.4, -0.2) is 9.55 Å². The fourth-order valence-electron chi connectivity index (χ4n) is 2.17. The summed E-state index contributed by atoms with van der Waals surface area (Å²) >= 11 is 5.27. The lowest BCUT2D eigenvalue weighted by Gasteiger charge is -2.10. The van der Waals surface area contributed by atoms with Crippen LogP contribution in [0.1, 0.15) is 5.56 Å². The van der Waals surface area contributed by atoms with Crippen LogP contribution >= 0.6 is 12.2 Å². The second kappa shape index (κ2) is 4.82. The van der Waals surface area contributed by atoms with E-state index < -0.39 is 0 Å². The van der Waals surface area contributed by atoms with Crippen molar-refractivity contribution >= 4 is 23.1 Å². The van der Waals surface area contributed by atoms with Gasteiger partial charge in [-0.3, -0.25) is 9.78 Å². The number of para-hydroxylation sites is 1. The van der Waals surface area contributed by atoms with Crippen LogP contribution in [0.25, 0.3) is 10.9 Å². The van der Waals surface area contributed by atoms with Gasteiger partial charge in [0, 0.05) is 0 Å². The molecule has 0 aliphatic heterocycles. The van der Waals surface area contributed by atoms with Crippen molar-refractivity contribution in [3.05, 3.63) is 75.3 Å². The van der Waals surface area contributed by atoms with Crippen LogP contribution < -0.4 is 5.56 Å². The molecule has 2 aromatic carbocycles. The van der Waals surface area contributed by atoms with Crippen LogP contribution in [0.2, 0.25) is 0 Å². The first kappa shape index (κ1) is 11.9. The second-order valence-corrected chi connectivity index (χ2v) is 4.73. The van der Waals surface area contributed by atoms with Gasteiger partial charge in [-0.25, -0.2) is 0 Å². The third-order valence-corrected chi connectivity index (χ3v) is 3.41. The summed E-state index contributed by atoms with van der Waals surface area (Å²) in [6, 6.07) is 17.6. The van der Waals surface area contributed by atoms with Crippen molar-refractivity contribution in [3.63, 3.8) is 0 Å². The number of hydrogen-bond donors (Lipinski definition) is 1. The molecule has 94 valence electrons. The highest BCUT2D eigenvalue weighted by atomic mass is 32.1. The van der Waals surface area contributed by atoms with Crippen LogP contribution in [0, 0.1) is 4.77 Å². The van der Waals surface area contributed by atoms with Gasteiger partial charge in [-0.2, -0.15) is 0 Å². The molecule has 0 bridgehead atoms. The van der Waals surface area contributed by atoms with Gasteiger partial charge in [0.2, 0.25) is 0 Å². The quantitative estimate of drug-likeness (QED) is 0.725. The first-order valence-electron chi connectivity index (χ1n) is 6.01. The third kappa shape index (κ3) is 2.22. The smallest absolute Gasteiger partial charge is 0.259 e. The van der Waals surface area contributed by atoms with E-state index in [0.717, 1.165) is 11.1 Å². The minimum atomic E-state index is -0.134. The van der Waals surface area contributed by atoms with E-state index in [2.05, 4.69) is 4.98 Å². The first-order chi connectivity index (χ1) is 9.25. The van der Waals surface area contributed by atoms with Gasteiger partial charge >= 0.3 is 0 Å². The van der Waals surface area contributed by atoms with Crippen molar-refractivity contribution in [3.8, 4) is 0 Å². The number of hydrogen-bond acceptors (Lipinski definition) is 2. The number of aromatic amines is 1. The molecular formula is C15H12N2OS. The summed E-state index contributed by atoms with van der Waals surface area (Å²) in [5.74, 6) is 0. The molecule has 0 unspecified atom stereocenters. The SMILES string of the molecule is O=c1[nH]c(=S)n(Cc2ccccc2)c2ccccc12. The number of benzene rings is 2. The Kier molecular flexibility index (Phi) is 3.01. The van der Waals surface area contributed by atoms with Crippen LogP contribution in [0.3, 0.4) is 0 Å². The molecule has 19 heavy (non-hydrogen) atoms. The van der Waals surface area contributed by atoms with Gasteiger partial charge in [0.25, 0.3) is 5.56 Å². The zero-order valence-electron chi connectivity index (χ0n) is 10.2. The number of nitrogens with one attached hydrogen (secondary N) is 1. The molecule has 0 aliphatic rings. The molecule has 3 nitrogen and oxygen atoms in total. The average Bonchev–Trinajstić information content (AvgIpc) is 2.45. The number of rotatable bonds is 2. The summed E-state index contributed by atoms with van der Waals surface area (Å²) in [6.07, 6.45) is 0. The Labute approximate surface area is 115 Å². The van der Waals surface area contributed by atoms with Crippen molar-refractivity contribution in [2.24, 2.45) is 0 Å². The Balaban J connectivity index is 2.24. The standard InChI is InChI=1S/C15H12N2OS/c18-14-12-8-4-5-9-13(12)17(15(19)16-14)10-11-6-2-1-3-7-11/h1-9H,10H2,(H,16,18,19). The van der Waals surface area contributed by atoms with Gasteiger partial charge in [-0.05, 0) is 29.9 Å². The monoisotopic (exact) mass is 268 g/mol. The highest BCUT2D eigenvalue weighted by molar-refractivity contribution is 7.71. The Morgan fingerprint density at radius 3 is 2.47 bits per heavy atom. The summed E-state index contributed by atoms with van der Waals surface area (Å²) in [6.45, 7) is 0.650. The van der Waals surface area contributed by atoms with E-state index in [4.69, 9.17) is 12.2 Å². The normalized spacial score (nSPS) is 10.7. The van der Waals surface area contributed by atoms with Crippen molar-refractivity contribution < 1.29 is 0 Å². The summed E-state index contributed by atoms with van der Waals surface area (Å²) < 4.78 is 2.40. The van der Waals surface area contributed by atoms with E-state index in [1.165, 1.54) is 0 Å². The van der Waals surface area contributed by atoms with Gasteiger partial charge in [0.15, 0.2) is 4.77 Å². The number of nitrogens with zero attached hydrogens (tertiary/aromatic N) is 1. The molecule has 0 atom stereocenters. The predicted molar refractivity (Wildman–Crippen MR) is 78.9 cm³/mol. The molecule has 0 radical (unpaired) electrons. The Hall–Kier alpha value is -2.20. The number of fused-ring (bicyclic) bond motifs is 1. The molecule has 0 saturated carbocycles. The largest absolute Gasteiger partial charge is 0.313 e. The fourth-order valence-corrected chi connectivity index (χ4v) is 2.42. The summed E-state index contributed by atoms with van der Waals surface area (Å²) in [7, 11) is 0. The molecule has 1 heterocycles. The van der Waals surface area contributed by atoms with Crippen molar-refractivity contribution in [1.82, 2.24) is 9.55 Å². The zero-order chi connectivity index (χ0) is 13.2. The maximum Gasteiger partial charge on any atom is 0.259 e. The van der Waals surface area contributed by atoms with Crippen molar-refractivity contribution in [2.75, 3.05) is 0 Å². The lowest BCUT2D eigenvalue weighted by molar-refractivity contribution is 0.782. The zero-order valence-corrected chi connectivity index (χ0v) is 11.0. The lowest BCUT2D eigenvalue weighted by atomic mass is 10.2. The van der Waals surface area contributed by atoms with Gasteiger partial charge in [0.1, 0.15) is 0 Å². The maximum atomic E-state index is 11.9. The fraction of sp³-hybridized carbons (Fsp3) is 0.0667. The third-order valence-electron chi connectivity index (χ3n) is 3.09. The molecule has 0 amide bonds. The lowest BCUT2D eigenvalue weighted by Crippen LogP contribution is -2.15. The van der Waals surface area contributed by atoms with E-state index in [0.29, 0.717) is 16.7 Å². The molecule has 0 aliphatic carbocycles. The van der Waals surface area contributed by atoms with E-state index in [1.54, 1.807) is 0 Å². The number of aromatic nitrogens is 2. The van der Waals surface area contributed by atoms with Crippen molar-refractivity contribution in [1.29, 1.82) is 0 Å². The molecule has 0 saturated heterocycles. The van der Waals surface area contributed by atoms with E-state index in [9.17, 15) is 4.79 Å². The minimum Gasteiger partial charge on any atom is -0.313 e. The summed E-state index contributed by atoms with van der Waals surface area (Å²) in [5, 5.41) is 0.659. The Morgan fingerprint density at radius 2 is 1.68 bits per heavy atom. The minimum absolute atomic E-state index is 0.134. The molecular weight excluding hydrogens is 256 g/mol. The maximum absolute atomic E-state index is 11.9. The number of H-pyrrole nitrogens is 1. The highest BCUT2D eigenvalue weighted by Crippen LogP contribution is 2.12. The van der Waals surface area contributed by atoms with Crippen LogP contribution in [0.5, 0.6) is 0 Å². The second-order valence-electron chi connectivity index (χ2n) is 4.35. The molecule has 1 aromatic heterocycles. The molecule has 3 aromatic rings. The first-order valence-corrected chi connectivity index (χ1v) is 6.42. The molecule has 0 spiro atoms. The molecule has 1 N–H and O–H groups in total. The van der Waals surface area contributed by atoms with Gasteiger partial charge in [0.05, 0.1) is 17.4 Å². The average molecular weight is 268 g/mol. The summed E-state index contributed by atoms with van der Waals surface area (Å²) in [4.78, 5) is 14.6. The molecule has 3 rings (SSSR count). The van der Waals surface area contributed by atoms with Crippen molar-refractivity contribution in [2.45, 2.75) is 6.54 Å². The van der Waals surface area contributed by atoms with Gasteiger partial charge < -0.3 is 4.57 Å². The van der Waals surface area contributed by atoms with Crippen LogP contribution in [0.4, 0.5) is 0 Å². The van der Waals surface area contributed by atoms with E-state index in [-0.39, 0.29) is 5.56 Å². The topological polar surface area (TPSA) is 37.8 Å². The van der Waals surface area contributed by atoms with Gasteiger partial charge in [-0.15, -0.1) is 0 Å². The Bertz CT molecular complexity index is 834. The van der Waals surface area contributed by atoms with Crippen LogP contribution in [0.15, 0.2) is 59.4 Å². The van der Waals surface area contributed by atoms with E-state index in [1.807, 2.05) is 59.2 Å². The molecule has 4 heteroatoms. The highest BCUT2D eigenvalue weighted by Gasteiger charge is 2.04. The molecule has 0 fully saturated rings.